The van der Waals surface area contributed by atoms with Crippen LogP contribution in [0.4, 0.5) is 5.69 Å². The summed E-state index contributed by atoms with van der Waals surface area (Å²) in [5.41, 5.74) is 3.66. The summed E-state index contributed by atoms with van der Waals surface area (Å²) in [7, 11) is 2.36. The maximum Gasteiger partial charge on any atom is 0.173 e. The predicted molar refractivity (Wildman–Crippen MR) is 116 cm³/mol. The van der Waals surface area contributed by atoms with E-state index >= 15 is 0 Å². The number of benzene rings is 1. The summed E-state index contributed by atoms with van der Waals surface area (Å²) in [5, 5.41) is 4.36. The van der Waals surface area contributed by atoms with Crippen LogP contribution in [0.1, 0.15) is 56.6 Å². The fraction of sp³-hybridized carbons (Fsp3) is 0.682. The number of rotatable bonds is 3. The van der Waals surface area contributed by atoms with E-state index in [1.54, 1.807) is 0 Å². The first kappa shape index (κ1) is 19.6. The molecule has 1 saturated heterocycles. The highest BCUT2D eigenvalue weighted by Gasteiger charge is 2.31. The van der Waals surface area contributed by atoms with E-state index in [0.717, 1.165) is 35.8 Å². The van der Waals surface area contributed by atoms with Gasteiger partial charge in [0, 0.05) is 30.9 Å². The molecule has 0 amide bonds. The first-order chi connectivity index (χ1) is 12.5. The van der Waals surface area contributed by atoms with Crippen molar-refractivity contribution >= 4 is 23.0 Å². The standard InChI is InChI=1S/C22H35N3S/c1-16-9-10-17(2)20(15-16)23-22(26)25-13-11-19(12-14-25)24(4)21-8-6-5-7-18(21)3/h9-10,15,18-19,21H,5-8,11-14H2,1-4H3,(H,23,26)/t18-,21+/m1/s1. The van der Waals surface area contributed by atoms with Crippen molar-refractivity contribution in [2.75, 3.05) is 25.5 Å². The van der Waals surface area contributed by atoms with Crippen LogP contribution in [0.2, 0.25) is 0 Å². The van der Waals surface area contributed by atoms with Gasteiger partial charge in [0.05, 0.1) is 0 Å². The summed E-state index contributed by atoms with van der Waals surface area (Å²) in [6.07, 6.45) is 8.04. The number of thiocarbonyl (C=S) groups is 1. The number of likely N-dealkylation sites (tertiary alicyclic amines) is 1. The lowest BCUT2D eigenvalue weighted by Crippen LogP contribution is -2.51. The Morgan fingerprint density at radius 2 is 1.81 bits per heavy atom. The topological polar surface area (TPSA) is 18.5 Å². The van der Waals surface area contributed by atoms with Gasteiger partial charge in [-0.3, -0.25) is 0 Å². The molecule has 1 aromatic carbocycles. The molecule has 0 spiro atoms. The number of anilines is 1. The molecule has 144 valence electrons. The van der Waals surface area contributed by atoms with Crippen LogP contribution in [0.5, 0.6) is 0 Å². The number of aryl methyl sites for hydroxylation is 2. The van der Waals surface area contributed by atoms with Gasteiger partial charge in [0.25, 0.3) is 0 Å². The zero-order chi connectivity index (χ0) is 18.7. The van der Waals surface area contributed by atoms with Crippen LogP contribution in [0, 0.1) is 19.8 Å². The van der Waals surface area contributed by atoms with E-state index in [9.17, 15) is 0 Å². The third-order valence-corrected chi connectivity index (χ3v) is 6.91. The molecule has 1 N–H and O–H groups in total. The number of hydrogen-bond acceptors (Lipinski definition) is 2. The van der Waals surface area contributed by atoms with E-state index in [1.165, 1.54) is 49.7 Å². The lowest BCUT2D eigenvalue weighted by atomic mass is 9.84. The Morgan fingerprint density at radius 1 is 1.12 bits per heavy atom. The van der Waals surface area contributed by atoms with Crippen molar-refractivity contribution in [1.29, 1.82) is 0 Å². The first-order valence-corrected chi connectivity index (χ1v) is 10.7. The second kappa shape index (κ2) is 8.71. The summed E-state index contributed by atoms with van der Waals surface area (Å²) in [4.78, 5) is 5.05. The zero-order valence-electron chi connectivity index (χ0n) is 16.9. The fourth-order valence-electron chi connectivity index (χ4n) is 4.71. The third kappa shape index (κ3) is 4.58. The lowest BCUT2D eigenvalue weighted by Gasteiger charge is -2.44. The quantitative estimate of drug-likeness (QED) is 0.753. The van der Waals surface area contributed by atoms with E-state index < -0.39 is 0 Å². The summed E-state index contributed by atoms with van der Waals surface area (Å²) < 4.78 is 0. The molecular weight excluding hydrogens is 338 g/mol. The van der Waals surface area contributed by atoms with Gasteiger partial charge in [-0.05, 0) is 81.9 Å². The molecule has 1 aliphatic carbocycles. The largest absolute Gasteiger partial charge is 0.349 e. The Hall–Kier alpha value is -1.13. The molecule has 2 atom stereocenters. The molecule has 1 heterocycles. The minimum absolute atomic E-state index is 0.709. The van der Waals surface area contributed by atoms with Crippen LogP contribution >= 0.6 is 12.2 Å². The van der Waals surface area contributed by atoms with Gasteiger partial charge in [-0.25, -0.2) is 0 Å². The van der Waals surface area contributed by atoms with Gasteiger partial charge in [-0.1, -0.05) is 31.9 Å². The monoisotopic (exact) mass is 373 g/mol. The van der Waals surface area contributed by atoms with Crippen LogP contribution in [-0.2, 0) is 0 Å². The second-order valence-corrected chi connectivity index (χ2v) is 8.85. The molecule has 3 nitrogen and oxygen atoms in total. The minimum atomic E-state index is 0.709. The normalized spacial score (nSPS) is 24.7. The number of piperidine rings is 1. The van der Waals surface area contributed by atoms with Crippen molar-refractivity contribution in [3.63, 3.8) is 0 Å². The average molecular weight is 374 g/mol. The van der Waals surface area contributed by atoms with Gasteiger partial charge in [-0.2, -0.15) is 0 Å². The Kier molecular flexibility index (Phi) is 6.57. The number of hydrogen-bond donors (Lipinski definition) is 1. The molecule has 2 fully saturated rings. The third-order valence-electron chi connectivity index (χ3n) is 6.55. The van der Waals surface area contributed by atoms with Crippen LogP contribution in [-0.4, -0.2) is 47.1 Å². The molecule has 0 bridgehead atoms. The second-order valence-electron chi connectivity index (χ2n) is 8.46. The van der Waals surface area contributed by atoms with Crippen molar-refractivity contribution in [1.82, 2.24) is 9.80 Å². The minimum Gasteiger partial charge on any atom is -0.349 e. The van der Waals surface area contributed by atoms with E-state index in [4.69, 9.17) is 12.2 Å². The molecule has 1 aromatic rings. The highest BCUT2D eigenvalue weighted by Crippen LogP contribution is 2.30. The molecular formula is C22H35N3S. The predicted octanol–water partition coefficient (Wildman–Crippen LogP) is 4.98. The van der Waals surface area contributed by atoms with Crippen LogP contribution in [0.3, 0.4) is 0 Å². The average Bonchev–Trinajstić information content (AvgIpc) is 2.64. The zero-order valence-corrected chi connectivity index (χ0v) is 17.7. The molecule has 26 heavy (non-hydrogen) atoms. The van der Waals surface area contributed by atoms with Gasteiger partial charge in [0.15, 0.2) is 5.11 Å². The Balaban J connectivity index is 1.53. The fourth-order valence-corrected chi connectivity index (χ4v) is 5.01. The molecule has 1 saturated carbocycles. The van der Waals surface area contributed by atoms with Gasteiger partial charge in [0.2, 0.25) is 0 Å². The van der Waals surface area contributed by atoms with Crippen LogP contribution < -0.4 is 5.32 Å². The first-order valence-electron chi connectivity index (χ1n) is 10.3. The Morgan fingerprint density at radius 3 is 2.50 bits per heavy atom. The van der Waals surface area contributed by atoms with Crippen molar-refractivity contribution < 1.29 is 0 Å². The van der Waals surface area contributed by atoms with Crippen molar-refractivity contribution in [3.8, 4) is 0 Å². The molecule has 4 heteroatoms. The van der Waals surface area contributed by atoms with Gasteiger partial charge in [0.1, 0.15) is 0 Å². The molecule has 2 aliphatic rings. The van der Waals surface area contributed by atoms with Crippen LogP contribution in [0.25, 0.3) is 0 Å². The summed E-state index contributed by atoms with van der Waals surface area (Å²) in [6.45, 7) is 8.83. The van der Waals surface area contributed by atoms with Crippen molar-refractivity contribution in [3.05, 3.63) is 29.3 Å². The van der Waals surface area contributed by atoms with Crippen molar-refractivity contribution in [2.45, 2.75) is 71.4 Å². The van der Waals surface area contributed by atoms with E-state index in [1.807, 2.05) is 0 Å². The lowest BCUT2D eigenvalue weighted by molar-refractivity contribution is 0.0691. The molecule has 1 aliphatic heterocycles. The smallest absolute Gasteiger partial charge is 0.173 e. The van der Waals surface area contributed by atoms with Gasteiger partial charge in [-0.15, -0.1) is 0 Å². The van der Waals surface area contributed by atoms with E-state index in [2.05, 4.69) is 61.1 Å². The molecule has 0 aromatic heterocycles. The Bertz CT molecular complexity index is 622. The summed E-state index contributed by atoms with van der Waals surface area (Å²) in [6, 6.07) is 7.98. The highest BCUT2D eigenvalue weighted by molar-refractivity contribution is 7.80. The maximum atomic E-state index is 5.71. The molecule has 3 rings (SSSR count). The van der Waals surface area contributed by atoms with E-state index in [0.29, 0.717) is 6.04 Å². The number of nitrogens with zero attached hydrogens (tertiary/aromatic N) is 2. The molecule has 0 unspecified atom stereocenters. The van der Waals surface area contributed by atoms with Gasteiger partial charge >= 0.3 is 0 Å². The maximum absolute atomic E-state index is 5.71. The van der Waals surface area contributed by atoms with E-state index in [-0.39, 0.29) is 0 Å². The van der Waals surface area contributed by atoms with Crippen molar-refractivity contribution in [2.24, 2.45) is 5.92 Å². The number of nitrogens with one attached hydrogen (secondary N) is 1. The molecule has 0 radical (unpaired) electrons. The van der Waals surface area contributed by atoms with Gasteiger partial charge < -0.3 is 15.1 Å². The highest BCUT2D eigenvalue weighted by atomic mass is 32.1. The summed E-state index contributed by atoms with van der Waals surface area (Å²) >= 11 is 5.71. The summed E-state index contributed by atoms with van der Waals surface area (Å²) in [5.74, 6) is 0.846. The SMILES string of the molecule is Cc1ccc(C)c(NC(=S)N2CCC(N(C)[C@H]3CCCC[C@H]3C)CC2)c1. The van der Waals surface area contributed by atoms with Crippen LogP contribution in [0.15, 0.2) is 18.2 Å². The Labute approximate surface area is 165 Å².